The van der Waals surface area contributed by atoms with Crippen molar-refractivity contribution in [3.63, 3.8) is 0 Å². The smallest absolute Gasteiger partial charge is 0.223 e. The molecule has 1 aliphatic rings. The second-order valence-electron chi connectivity index (χ2n) is 5.15. The van der Waals surface area contributed by atoms with Crippen molar-refractivity contribution >= 4 is 5.91 Å². The monoisotopic (exact) mass is 278 g/mol. The van der Waals surface area contributed by atoms with E-state index in [1.165, 1.54) is 12.5 Å². The maximum absolute atomic E-state index is 11.9. The van der Waals surface area contributed by atoms with Crippen LogP contribution < -0.4 is 5.32 Å². The topological polar surface area (TPSA) is 72.8 Å². The highest BCUT2D eigenvalue weighted by Crippen LogP contribution is 2.27. The molecule has 0 bridgehead atoms. The fourth-order valence-corrected chi connectivity index (χ4v) is 2.44. The molecule has 5 heteroatoms. The SMILES string of the molecule is O=C(CCNCc1cccc(O)c1O)N1CCCCC1. The highest BCUT2D eigenvalue weighted by Gasteiger charge is 2.15. The van der Waals surface area contributed by atoms with Crippen LogP contribution in [0, 0.1) is 0 Å². The summed E-state index contributed by atoms with van der Waals surface area (Å²) < 4.78 is 0. The predicted molar refractivity (Wildman–Crippen MR) is 76.5 cm³/mol. The summed E-state index contributed by atoms with van der Waals surface area (Å²) in [6.07, 6.45) is 3.91. The van der Waals surface area contributed by atoms with E-state index in [-0.39, 0.29) is 17.4 Å². The standard InChI is InChI=1S/C15H22N2O3/c18-13-6-4-5-12(15(13)20)11-16-8-7-14(19)17-9-2-1-3-10-17/h4-6,16,18,20H,1-3,7-11H2. The van der Waals surface area contributed by atoms with Crippen LogP contribution in [0.4, 0.5) is 0 Å². The summed E-state index contributed by atoms with van der Waals surface area (Å²) >= 11 is 0. The van der Waals surface area contributed by atoms with Gasteiger partial charge in [-0.2, -0.15) is 0 Å². The number of piperidine rings is 1. The number of hydrogen-bond donors (Lipinski definition) is 3. The summed E-state index contributed by atoms with van der Waals surface area (Å²) in [5.41, 5.74) is 0.635. The number of phenolic OH excluding ortho intramolecular Hbond substituents is 2. The molecule has 0 aromatic heterocycles. The molecule has 1 aromatic carbocycles. The van der Waals surface area contributed by atoms with Gasteiger partial charge in [0.05, 0.1) is 0 Å². The summed E-state index contributed by atoms with van der Waals surface area (Å²) in [5.74, 6) is -0.0200. The lowest BCUT2D eigenvalue weighted by Gasteiger charge is -2.26. The minimum Gasteiger partial charge on any atom is -0.504 e. The third kappa shape index (κ3) is 3.87. The van der Waals surface area contributed by atoms with E-state index < -0.39 is 0 Å². The molecule has 5 nitrogen and oxygen atoms in total. The van der Waals surface area contributed by atoms with Crippen molar-refractivity contribution in [2.45, 2.75) is 32.2 Å². The van der Waals surface area contributed by atoms with Gasteiger partial charge in [-0.1, -0.05) is 12.1 Å². The number of aromatic hydroxyl groups is 2. The minimum atomic E-state index is -0.117. The molecule has 1 fully saturated rings. The Labute approximate surface area is 119 Å². The van der Waals surface area contributed by atoms with Crippen LogP contribution in [0.2, 0.25) is 0 Å². The molecule has 0 aliphatic carbocycles. The van der Waals surface area contributed by atoms with Gasteiger partial charge in [-0.25, -0.2) is 0 Å². The number of nitrogens with one attached hydrogen (secondary N) is 1. The molecule has 0 saturated carbocycles. The van der Waals surface area contributed by atoms with Gasteiger partial charge < -0.3 is 20.4 Å². The Morgan fingerprint density at radius 2 is 1.95 bits per heavy atom. The first-order valence-electron chi connectivity index (χ1n) is 7.17. The van der Waals surface area contributed by atoms with E-state index >= 15 is 0 Å². The van der Waals surface area contributed by atoms with E-state index in [1.807, 2.05) is 4.90 Å². The highest BCUT2D eigenvalue weighted by atomic mass is 16.3. The molecule has 1 saturated heterocycles. The highest BCUT2D eigenvalue weighted by molar-refractivity contribution is 5.76. The molecule has 0 spiro atoms. The lowest BCUT2D eigenvalue weighted by atomic mass is 10.1. The van der Waals surface area contributed by atoms with Crippen molar-refractivity contribution in [2.24, 2.45) is 0 Å². The van der Waals surface area contributed by atoms with E-state index in [0.717, 1.165) is 25.9 Å². The maximum Gasteiger partial charge on any atom is 0.223 e. The molecule has 1 heterocycles. The van der Waals surface area contributed by atoms with Crippen LogP contribution in [0.5, 0.6) is 11.5 Å². The lowest BCUT2D eigenvalue weighted by molar-refractivity contribution is -0.131. The van der Waals surface area contributed by atoms with Crippen molar-refractivity contribution in [2.75, 3.05) is 19.6 Å². The Hall–Kier alpha value is -1.75. The van der Waals surface area contributed by atoms with Gasteiger partial charge in [-0.15, -0.1) is 0 Å². The van der Waals surface area contributed by atoms with Crippen LogP contribution in [0.25, 0.3) is 0 Å². The first kappa shape index (κ1) is 14.7. The van der Waals surface area contributed by atoms with Crippen LogP contribution in [0.15, 0.2) is 18.2 Å². The fourth-order valence-electron chi connectivity index (χ4n) is 2.44. The fraction of sp³-hybridized carbons (Fsp3) is 0.533. The number of benzene rings is 1. The van der Waals surface area contributed by atoms with E-state index in [2.05, 4.69) is 5.32 Å². The number of likely N-dealkylation sites (tertiary alicyclic amines) is 1. The molecule has 110 valence electrons. The minimum absolute atomic E-state index is 0.0950. The predicted octanol–water partition coefficient (Wildman–Crippen LogP) is 1.59. The van der Waals surface area contributed by atoms with Gasteiger partial charge in [0, 0.05) is 38.2 Å². The van der Waals surface area contributed by atoms with Crippen molar-refractivity contribution in [1.82, 2.24) is 10.2 Å². The van der Waals surface area contributed by atoms with Crippen molar-refractivity contribution in [3.05, 3.63) is 23.8 Å². The quantitative estimate of drug-likeness (QED) is 0.565. The van der Waals surface area contributed by atoms with E-state index in [0.29, 0.717) is 25.1 Å². The third-order valence-corrected chi connectivity index (χ3v) is 3.64. The first-order valence-corrected chi connectivity index (χ1v) is 7.17. The Bertz CT molecular complexity index is 456. The van der Waals surface area contributed by atoms with Gasteiger partial charge in [0.15, 0.2) is 11.5 Å². The van der Waals surface area contributed by atoms with Gasteiger partial charge in [0.2, 0.25) is 5.91 Å². The lowest BCUT2D eigenvalue weighted by Crippen LogP contribution is -2.37. The number of amides is 1. The molecule has 2 rings (SSSR count). The molecule has 0 unspecified atom stereocenters. The zero-order valence-corrected chi connectivity index (χ0v) is 11.6. The normalized spacial score (nSPS) is 15.3. The van der Waals surface area contributed by atoms with Gasteiger partial charge in [0.1, 0.15) is 0 Å². The van der Waals surface area contributed by atoms with E-state index in [1.54, 1.807) is 12.1 Å². The second-order valence-corrected chi connectivity index (χ2v) is 5.15. The van der Waals surface area contributed by atoms with Crippen LogP contribution in [-0.4, -0.2) is 40.7 Å². The van der Waals surface area contributed by atoms with Gasteiger partial charge in [-0.3, -0.25) is 4.79 Å². The van der Waals surface area contributed by atoms with Gasteiger partial charge in [-0.05, 0) is 25.3 Å². The number of carbonyl (C=O) groups is 1. The number of rotatable bonds is 5. The zero-order valence-electron chi connectivity index (χ0n) is 11.6. The van der Waals surface area contributed by atoms with Gasteiger partial charge >= 0.3 is 0 Å². The molecule has 1 aromatic rings. The molecule has 20 heavy (non-hydrogen) atoms. The number of nitrogens with zero attached hydrogens (tertiary/aromatic N) is 1. The van der Waals surface area contributed by atoms with Crippen molar-refractivity contribution in [3.8, 4) is 11.5 Å². The molecule has 0 atom stereocenters. The van der Waals surface area contributed by atoms with E-state index in [9.17, 15) is 15.0 Å². The van der Waals surface area contributed by atoms with Crippen LogP contribution in [0.1, 0.15) is 31.2 Å². The Balaban J connectivity index is 1.70. The number of para-hydroxylation sites is 1. The second kappa shape index (κ2) is 7.14. The van der Waals surface area contributed by atoms with Crippen LogP contribution in [-0.2, 0) is 11.3 Å². The molecule has 3 N–H and O–H groups in total. The number of phenols is 2. The van der Waals surface area contributed by atoms with Gasteiger partial charge in [0.25, 0.3) is 0 Å². The number of hydrogen-bond acceptors (Lipinski definition) is 4. The first-order chi connectivity index (χ1) is 9.68. The van der Waals surface area contributed by atoms with Crippen molar-refractivity contribution in [1.29, 1.82) is 0 Å². The third-order valence-electron chi connectivity index (χ3n) is 3.64. The maximum atomic E-state index is 11.9. The number of carbonyl (C=O) groups excluding carboxylic acids is 1. The largest absolute Gasteiger partial charge is 0.504 e. The Morgan fingerprint density at radius 1 is 1.20 bits per heavy atom. The van der Waals surface area contributed by atoms with Crippen LogP contribution >= 0.6 is 0 Å². The van der Waals surface area contributed by atoms with Crippen LogP contribution in [0.3, 0.4) is 0 Å². The molecular weight excluding hydrogens is 256 g/mol. The molecule has 1 amide bonds. The Kier molecular flexibility index (Phi) is 5.24. The zero-order chi connectivity index (χ0) is 14.4. The Morgan fingerprint density at radius 3 is 2.70 bits per heavy atom. The summed E-state index contributed by atoms with van der Waals surface area (Å²) in [6.45, 7) is 2.77. The summed E-state index contributed by atoms with van der Waals surface area (Å²) in [5, 5.41) is 22.1. The van der Waals surface area contributed by atoms with E-state index in [4.69, 9.17) is 0 Å². The summed E-state index contributed by atoms with van der Waals surface area (Å²) in [7, 11) is 0. The molecule has 1 aliphatic heterocycles. The summed E-state index contributed by atoms with van der Waals surface area (Å²) in [4.78, 5) is 13.9. The summed E-state index contributed by atoms with van der Waals surface area (Å²) in [6, 6.07) is 4.87. The average molecular weight is 278 g/mol. The molecule has 0 radical (unpaired) electrons. The molecular formula is C15H22N2O3. The average Bonchev–Trinajstić information content (AvgIpc) is 2.48. The van der Waals surface area contributed by atoms with Crippen molar-refractivity contribution < 1.29 is 15.0 Å².